The molecular weight excluding hydrogens is 308 g/mol. The van der Waals surface area contributed by atoms with E-state index in [9.17, 15) is 9.59 Å². The lowest BCUT2D eigenvalue weighted by Gasteiger charge is -2.12. The normalized spacial score (nSPS) is 29.2. The van der Waals surface area contributed by atoms with Crippen LogP contribution < -0.4 is 0 Å². The Kier molecular flexibility index (Phi) is 3.27. The molecule has 0 aromatic heterocycles. The fourth-order valence-electron chi connectivity index (χ4n) is 3.68. The Morgan fingerprint density at radius 1 is 1.08 bits per heavy atom. The van der Waals surface area contributed by atoms with Crippen LogP contribution >= 0.6 is 0 Å². The maximum atomic E-state index is 12.2. The Hall–Kier alpha value is -2.56. The molecular formula is C19H18O5. The first-order valence-corrected chi connectivity index (χ1v) is 8.00. The Bertz CT molecular complexity index is 817. The molecule has 5 heteroatoms. The largest absolute Gasteiger partial charge is 0.458 e. The molecule has 124 valence electrons. The van der Waals surface area contributed by atoms with Crippen molar-refractivity contribution in [2.45, 2.75) is 39.6 Å². The lowest BCUT2D eigenvalue weighted by molar-refractivity contribution is -0.152. The molecule has 2 heterocycles. The highest BCUT2D eigenvalue weighted by molar-refractivity contribution is 5.92. The molecule has 0 radical (unpaired) electrons. The predicted molar refractivity (Wildman–Crippen MR) is 84.7 cm³/mol. The van der Waals surface area contributed by atoms with Crippen LogP contribution in [0.15, 0.2) is 35.6 Å². The second kappa shape index (κ2) is 5.23. The SMILES string of the molecule is CC1=C[C@H](O/C=C2/C(=O)O[C@H]3c4c(C)ccc(C)c4C[C@@H]23)OC1=O. The summed E-state index contributed by atoms with van der Waals surface area (Å²) in [6.45, 7) is 5.78. The number of carbonyl (C=O) groups excluding carboxylic acids is 2. The van der Waals surface area contributed by atoms with E-state index in [0.29, 0.717) is 11.1 Å². The average molecular weight is 326 g/mol. The number of rotatable bonds is 2. The highest BCUT2D eigenvalue weighted by Crippen LogP contribution is 2.49. The summed E-state index contributed by atoms with van der Waals surface area (Å²) in [5.74, 6) is -0.805. The van der Waals surface area contributed by atoms with Gasteiger partial charge < -0.3 is 14.2 Å². The zero-order valence-corrected chi connectivity index (χ0v) is 13.8. The first kappa shape index (κ1) is 15.0. The van der Waals surface area contributed by atoms with E-state index >= 15 is 0 Å². The van der Waals surface area contributed by atoms with Gasteiger partial charge in [0.15, 0.2) is 0 Å². The van der Waals surface area contributed by atoms with Crippen LogP contribution in [-0.2, 0) is 30.2 Å². The van der Waals surface area contributed by atoms with Crippen molar-refractivity contribution in [2.75, 3.05) is 0 Å². The molecule has 1 saturated heterocycles. The number of benzene rings is 1. The van der Waals surface area contributed by atoms with Gasteiger partial charge in [0.2, 0.25) is 0 Å². The van der Waals surface area contributed by atoms with Crippen molar-refractivity contribution in [1.29, 1.82) is 0 Å². The van der Waals surface area contributed by atoms with Crippen LogP contribution in [0.5, 0.6) is 0 Å². The maximum Gasteiger partial charge on any atom is 0.338 e. The molecule has 1 fully saturated rings. The summed E-state index contributed by atoms with van der Waals surface area (Å²) in [5, 5.41) is 0. The topological polar surface area (TPSA) is 61.8 Å². The van der Waals surface area contributed by atoms with Crippen LogP contribution in [0.25, 0.3) is 0 Å². The third-order valence-electron chi connectivity index (χ3n) is 5.01. The van der Waals surface area contributed by atoms with E-state index in [1.807, 2.05) is 6.92 Å². The molecule has 0 bridgehead atoms. The molecule has 0 amide bonds. The highest BCUT2D eigenvalue weighted by Gasteiger charge is 2.47. The molecule has 4 rings (SSSR count). The fraction of sp³-hybridized carbons (Fsp3) is 0.368. The zero-order chi connectivity index (χ0) is 17.0. The summed E-state index contributed by atoms with van der Waals surface area (Å²) in [6, 6.07) is 4.16. The third kappa shape index (κ3) is 2.15. The number of ether oxygens (including phenoxy) is 3. The quantitative estimate of drug-likeness (QED) is 0.475. The van der Waals surface area contributed by atoms with Gasteiger partial charge >= 0.3 is 11.9 Å². The van der Waals surface area contributed by atoms with Crippen molar-refractivity contribution >= 4 is 11.9 Å². The molecule has 1 aromatic carbocycles. The summed E-state index contributed by atoms with van der Waals surface area (Å²) in [6.07, 6.45) is 2.73. The monoisotopic (exact) mass is 326 g/mol. The minimum atomic E-state index is -0.774. The summed E-state index contributed by atoms with van der Waals surface area (Å²) in [5.41, 5.74) is 5.74. The zero-order valence-electron chi connectivity index (χ0n) is 13.8. The molecule has 0 N–H and O–H groups in total. The standard InChI is InChI=1S/C19H18O5/c1-9-4-5-10(2)16-12(9)7-13-14(19(21)24-17(13)16)8-22-15-6-11(3)18(20)23-15/h4-6,8,13,15,17H,7H2,1-3H3/b14-8+/t13-,15+,17+/m0/s1. The van der Waals surface area contributed by atoms with E-state index < -0.39 is 12.3 Å². The molecule has 0 saturated carbocycles. The van der Waals surface area contributed by atoms with Crippen LogP contribution in [0.1, 0.15) is 35.3 Å². The lowest BCUT2D eigenvalue weighted by Crippen LogP contribution is -2.12. The van der Waals surface area contributed by atoms with Gasteiger partial charge in [0.1, 0.15) is 6.10 Å². The van der Waals surface area contributed by atoms with Gasteiger partial charge in [-0.05, 0) is 49.4 Å². The second-order valence-electron chi connectivity index (χ2n) is 6.56. The van der Waals surface area contributed by atoms with Crippen LogP contribution in [0.4, 0.5) is 0 Å². The van der Waals surface area contributed by atoms with Gasteiger partial charge in [-0.2, -0.15) is 0 Å². The first-order valence-electron chi connectivity index (χ1n) is 8.00. The van der Waals surface area contributed by atoms with Gasteiger partial charge in [-0.15, -0.1) is 0 Å². The van der Waals surface area contributed by atoms with Crippen molar-refractivity contribution in [3.8, 4) is 0 Å². The number of fused-ring (bicyclic) bond motifs is 3. The second-order valence-corrected chi connectivity index (χ2v) is 6.56. The third-order valence-corrected chi connectivity index (χ3v) is 5.01. The van der Waals surface area contributed by atoms with E-state index in [4.69, 9.17) is 14.2 Å². The number of carbonyl (C=O) groups is 2. The first-order chi connectivity index (χ1) is 11.5. The molecule has 24 heavy (non-hydrogen) atoms. The van der Waals surface area contributed by atoms with E-state index in [-0.39, 0.29) is 18.0 Å². The summed E-state index contributed by atoms with van der Waals surface area (Å²) >= 11 is 0. The fourth-order valence-corrected chi connectivity index (χ4v) is 3.68. The van der Waals surface area contributed by atoms with Crippen molar-refractivity contribution in [1.82, 2.24) is 0 Å². The Morgan fingerprint density at radius 3 is 2.54 bits per heavy atom. The lowest BCUT2D eigenvalue weighted by atomic mass is 9.97. The smallest absolute Gasteiger partial charge is 0.338 e. The molecule has 5 nitrogen and oxygen atoms in total. The molecule has 3 aliphatic rings. The molecule has 0 spiro atoms. The van der Waals surface area contributed by atoms with Gasteiger partial charge in [0, 0.05) is 17.6 Å². The van der Waals surface area contributed by atoms with Crippen LogP contribution in [0, 0.1) is 19.8 Å². The Labute approximate surface area is 139 Å². The molecule has 3 atom stereocenters. The minimum absolute atomic E-state index is 0.0468. The van der Waals surface area contributed by atoms with Crippen LogP contribution in [0.2, 0.25) is 0 Å². The van der Waals surface area contributed by atoms with E-state index in [0.717, 1.165) is 17.5 Å². The highest BCUT2D eigenvalue weighted by atomic mass is 16.7. The Balaban J connectivity index is 1.60. The average Bonchev–Trinajstić information content (AvgIpc) is 3.14. The Morgan fingerprint density at radius 2 is 1.83 bits per heavy atom. The van der Waals surface area contributed by atoms with E-state index in [1.165, 1.54) is 17.4 Å². The predicted octanol–water partition coefficient (Wildman–Crippen LogP) is 2.80. The molecule has 1 aromatic rings. The maximum absolute atomic E-state index is 12.2. The van der Waals surface area contributed by atoms with Crippen LogP contribution in [0.3, 0.4) is 0 Å². The van der Waals surface area contributed by atoms with Crippen LogP contribution in [-0.4, -0.2) is 18.2 Å². The van der Waals surface area contributed by atoms with Crippen molar-refractivity contribution in [3.63, 3.8) is 0 Å². The number of hydrogen-bond acceptors (Lipinski definition) is 5. The van der Waals surface area contributed by atoms with Crippen molar-refractivity contribution in [2.24, 2.45) is 5.92 Å². The van der Waals surface area contributed by atoms with Gasteiger partial charge in [-0.3, -0.25) is 0 Å². The summed E-state index contributed by atoms with van der Waals surface area (Å²) in [4.78, 5) is 23.6. The van der Waals surface area contributed by atoms with E-state index in [2.05, 4.69) is 19.1 Å². The molecule has 0 unspecified atom stereocenters. The number of cyclic esters (lactones) is 1. The van der Waals surface area contributed by atoms with Crippen molar-refractivity contribution < 1.29 is 23.8 Å². The van der Waals surface area contributed by atoms with Gasteiger partial charge in [0.05, 0.1) is 11.8 Å². The van der Waals surface area contributed by atoms with Crippen molar-refractivity contribution in [3.05, 3.63) is 57.9 Å². The minimum Gasteiger partial charge on any atom is -0.458 e. The summed E-state index contributed by atoms with van der Waals surface area (Å²) < 4.78 is 16.1. The number of aryl methyl sites for hydroxylation is 2. The number of hydrogen-bond donors (Lipinski definition) is 0. The number of esters is 2. The molecule has 1 aliphatic carbocycles. The van der Waals surface area contributed by atoms with Gasteiger partial charge in [-0.25, -0.2) is 9.59 Å². The van der Waals surface area contributed by atoms with Gasteiger partial charge in [0.25, 0.3) is 6.29 Å². The van der Waals surface area contributed by atoms with E-state index in [1.54, 1.807) is 13.0 Å². The van der Waals surface area contributed by atoms with Gasteiger partial charge in [-0.1, -0.05) is 12.1 Å². The molecule has 2 aliphatic heterocycles. The summed E-state index contributed by atoms with van der Waals surface area (Å²) in [7, 11) is 0.